The monoisotopic (exact) mass is 332 g/mol. The number of likely N-dealkylation sites (tertiary alicyclic amines) is 1. The van der Waals surface area contributed by atoms with Crippen molar-refractivity contribution >= 4 is 5.91 Å². The molecule has 2 rings (SSSR count). The zero-order valence-corrected chi connectivity index (χ0v) is 13.4. The van der Waals surface area contributed by atoms with E-state index < -0.39 is 12.7 Å². The molecule has 1 saturated heterocycles. The number of piperidine rings is 1. The third-order valence-electron chi connectivity index (χ3n) is 3.93. The van der Waals surface area contributed by atoms with Gasteiger partial charge < -0.3 is 5.32 Å². The molecule has 0 saturated carbocycles. The van der Waals surface area contributed by atoms with Gasteiger partial charge in [-0.3, -0.25) is 14.4 Å². The van der Waals surface area contributed by atoms with Crippen LogP contribution in [0.3, 0.4) is 0 Å². The fraction of sp³-hybridized carbons (Fsp3) is 0.733. The second-order valence-electron chi connectivity index (χ2n) is 6.34. The van der Waals surface area contributed by atoms with Crippen LogP contribution >= 0.6 is 0 Å². The summed E-state index contributed by atoms with van der Waals surface area (Å²) in [6.45, 7) is 4.25. The Labute approximate surface area is 133 Å². The van der Waals surface area contributed by atoms with Crippen molar-refractivity contribution in [1.82, 2.24) is 20.0 Å². The average molecular weight is 332 g/mol. The molecule has 1 aromatic rings. The molecule has 0 aromatic carbocycles. The van der Waals surface area contributed by atoms with Crippen molar-refractivity contribution in [3.63, 3.8) is 0 Å². The summed E-state index contributed by atoms with van der Waals surface area (Å²) >= 11 is 0. The molecular weight excluding hydrogens is 309 g/mol. The molecule has 1 fully saturated rings. The van der Waals surface area contributed by atoms with E-state index in [9.17, 15) is 18.0 Å². The molecule has 23 heavy (non-hydrogen) atoms. The Morgan fingerprint density at radius 1 is 1.48 bits per heavy atom. The van der Waals surface area contributed by atoms with Crippen LogP contribution in [-0.4, -0.2) is 52.9 Å². The molecular formula is C15H23F3N4O. The van der Waals surface area contributed by atoms with Gasteiger partial charge in [0.1, 0.15) is 5.69 Å². The topological polar surface area (TPSA) is 50.2 Å². The standard InChI is InChI=1S/C15H23F3N4O/c1-11(2)22-7-5-13(20-22)14(23)19-8-12-4-3-6-21(9-12)10-15(16,17)18/h5,7,11-12H,3-4,6,8-10H2,1-2H3,(H,19,23)/t12-/m1/s1. The van der Waals surface area contributed by atoms with Gasteiger partial charge in [0.15, 0.2) is 0 Å². The Bertz CT molecular complexity index is 527. The fourth-order valence-corrected chi connectivity index (χ4v) is 2.79. The number of rotatable bonds is 5. The first-order valence-electron chi connectivity index (χ1n) is 7.87. The van der Waals surface area contributed by atoms with E-state index in [-0.39, 0.29) is 17.9 Å². The van der Waals surface area contributed by atoms with E-state index in [0.29, 0.717) is 25.3 Å². The highest BCUT2D eigenvalue weighted by Crippen LogP contribution is 2.22. The molecule has 1 aromatic heterocycles. The van der Waals surface area contributed by atoms with Crippen LogP contribution in [0.4, 0.5) is 13.2 Å². The van der Waals surface area contributed by atoms with Gasteiger partial charge in [0.2, 0.25) is 0 Å². The Hall–Kier alpha value is -1.57. The van der Waals surface area contributed by atoms with E-state index in [0.717, 1.165) is 12.8 Å². The molecule has 8 heteroatoms. The number of halogens is 3. The summed E-state index contributed by atoms with van der Waals surface area (Å²) in [6.07, 6.45) is -0.881. The van der Waals surface area contributed by atoms with Crippen molar-refractivity contribution in [1.29, 1.82) is 0 Å². The van der Waals surface area contributed by atoms with E-state index in [1.54, 1.807) is 16.9 Å². The smallest absolute Gasteiger partial charge is 0.350 e. The lowest BCUT2D eigenvalue weighted by atomic mass is 9.98. The summed E-state index contributed by atoms with van der Waals surface area (Å²) in [5.74, 6) is -0.237. The second kappa shape index (κ2) is 7.33. The minimum absolute atomic E-state index is 0.0437. The molecule has 130 valence electrons. The first-order valence-corrected chi connectivity index (χ1v) is 7.87. The summed E-state index contributed by atoms with van der Waals surface area (Å²) in [7, 11) is 0. The van der Waals surface area contributed by atoms with Gasteiger partial charge >= 0.3 is 6.18 Å². The first-order chi connectivity index (χ1) is 10.7. The van der Waals surface area contributed by atoms with E-state index >= 15 is 0 Å². The predicted octanol–water partition coefficient (Wildman–Crippen LogP) is 2.47. The van der Waals surface area contributed by atoms with Crippen LogP contribution in [0.5, 0.6) is 0 Å². The lowest BCUT2D eigenvalue weighted by Gasteiger charge is -2.33. The normalized spacial score (nSPS) is 20.0. The van der Waals surface area contributed by atoms with Crippen LogP contribution in [-0.2, 0) is 0 Å². The van der Waals surface area contributed by atoms with Gasteiger partial charge in [-0.1, -0.05) is 0 Å². The number of aromatic nitrogens is 2. The van der Waals surface area contributed by atoms with E-state index in [1.165, 1.54) is 4.90 Å². The largest absolute Gasteiger partial charge is 0.401 e. The highest BCUT2D eigenvalue weighted by molar-refractivity contribution is 5.92. The number of amides is 1. The third-order valence-corrected chi connectivity index (χ3v) is 3.93. The van der Waals surface area contributed by atoms with Gasteiger partial charge in [-0.25, -0.2) is 0 Å². The van der Waals surface area contributed by atoms with Crippen molar-refractivity contribution in [2.24, 2.45) is 5.92 Å². The Morgan fingerprint density at radius 2 is 2.22 bits per heavy atom. The second-order valence-corrected chi connectivity index (χ2v) is 6.34. The van der Waals surface area contributed by atoms with Crippen molar-refractivity contribution in [3.05, 3.63) is 18.0 Å². The zero-order chi connectivity index (χ0) is 17.0. The van der Waals surface area contributed by atoms with Crippen LogP contribution in [0.25, 0.3) is 0 Å². The van der Waals surface area contributed by atoms with Gasteiger partial charge in [0.05, 0.1) is 6.54 Å². The molecule has 0 aliphatic carbocycles. The summed E-state index contributed by atoms with van der Waals surface area (Å²) < 4.78 is 39.0. The summed E-state index contributed by atoms with van der Waals surface area (Å²) in [6, 6.07) is 1.82. The molecule has 1 aliphatic heterocycles. The highest BCUT2D eigenvalue weighted by atomic mass is 19.4. The maximum Gasteiger partial charge on any atom is 0.401 e. The molecule has 0 spiro atoms. The van der Waals surface area contributed by atoms with E-state index in [1.807, 2.05) is 13.8 Å². The van der Waals surface area contributed by atoms with Crippen LogP contribution < -0.4 is 5.32 Å². The lowest BCUT2D eigenvalue weighted by molar-refractivity contribution is -0.149. The van der Waals surface area contributed by atoms with Gasteiger partial charge in [-0.2, -0.15) is 18.3 Å². The van der Waals surface area contributed by atoms with Gasteiger partial charge in [-0.05, 0) is 45.2 Å². The van der Waals surface area contributed by atoms with Gasteiger partial charge in [0.25, 0.3) is 5.91 Å². The van der Waals surface area contributed by atoms with Crippen LogP contribution in [0, 0.1) is 5.92 Å². The van der Waals surface area contributed by atoms with Crippen LogP contribution in [0.2, 0.25) is 0 Å². The maximum atomic E-state index is 12.4. The minimum atomic E-state index is -4.17. The first kappa shape index (κ1) is 17.8. The number of nitrogens with zero attached hydrogens (tertiary/aromatic N) is 3. The van der Waals surface area contributed by atoms with Crippen molar-refractivity contribution < 1.29 is 18.0 Å². The molecule has 0 unspecified atom stereocenters. The number of hydrogen-bond acceptors (Lipinski definition) is 3. The zero-order valence-electron chi connectivity index (χ0n) is 13.4. The number of carbonyl (C=O) groups excluding carboxylic acids is 1. The number of nitrogens with one attached hydrogen (secondary N) is 1. The fourth-order valence-electron chi connectivity index (χ4n) is 2.79. The van der Waals surface area contributed by atoms with E-state index in [2.05, 4.69) is 10.4 Å². The average Bonchev–Trinajstić information content (AvgIpc) is 2.93. The number of hydrogen-bond donors (Lipinski definition) is 1. The van der Waals surface area contributed by atoms with Crippen molar-refractivity contribution in [2.75, 3.05) is 26.2 Å². The number of carbonyl (C=O) groups is 1. The maximum absolute atomic E-state index is 12.4. The SMILES string of the molecule is CC(C)n1ccc(C(=O)NC[C@H]2CCCN(CC(F)(F)F)C2)n1. The minimum Gasteiger partial charge on any atom is -0.350 e. The van der Waals surface area contributed by atoms with Crippen LogP contribution in [0.15, 0.2) is 12.3 Å². The predicted molar refractivity (Wildman–Crippen MR) is 80.2 cm³/mol. The van der Waals surface area contributed by atoms with Crippen molar-refractivity contribution in [3.8, 4) is 0 Å². The molecule has 5 nitrogen and oxygen atoms in total. The summed E-state index contributed by atoms with van der Waals surface area (Å²) in [5, 5.41) is 6.96. The highest BCUT2D eigenvalue weighted by Gasteiger charge is 2.33. The third kappa shape index (κ3) is 5.53. The van der Waals surface area contributed by atoms with E-state index in [4.69, 9.17) is 0 Å². The van der Waals surface area contributed by atoms with Gasteiger partial charge in [0, 0.05) is 25.3 Å². The Kier molecular flexibility index (Phi) is 5.67. The molecule has 1 aliphatic rings. The molecule has 1 N–H and O–H groups in total. The van der Waals surface area contributed by atoms with Gasteiger partial charge in [-0.15, -0.1) is 0 Å². The molecule has 2 heterocycles. The number of alkyl halides is 3. The summed E-state index contributed by atoms with van der Waals surface area (Å²) in [4.78, 5) is 13.5. The lowest BCUT2D eigenvalue weighted by Crippen LogP contribution is -2.44. The van der Waals surface area contributed by atoms with Crippen LogP contribution in [0.1, 0.15) is 43.2 Å². The molecule has 0 radical (unpaired) electrons. The molecule has 1 atom stereocenters. The summed E-state index contributed by atoms with van der Waals surface area (Å²) in [5.41, 5.74) is 0.335. The quantitative estimate of drug-likeness (QED) is 0.901. The van der Waals surface area contributed by atoms with Crippen molar-refractivity contribution in [2.45, 2.75) is 38.9 Å². The molecule has 0 bridgehead atoms. The Morgan fingerprint density at radius 3 is 2.83 bits per heavy atom. The molecule has 1 amide bonds. The Balaban J connectivity index is 1.81.